The molecule has 1 heterocycles. The molecule has 1 saturated heterocycles. The van der Waals surface area contributed by atoms with Gasteiger partial charge in [0.15, 0.2) is 0 Å². The van der Waals surface area contributed by atoms with Crippen molar-refractivity contribution in [3.05, 3.63) is 0 Å². The third kappa shape index (κ3) is 1.27. The summed E-state index contributed by atoms with van der Waals surface area (Å²) in [7, 11) is 0. The molecule has 1 aliphatic heterocycles. The molecule has 1 spiro atoms. The Kier molecular flexibility index (Phi) is 2.37. The molecular weight excluding hydrogens is 150 g/mol. The highest BCUT2D eigenvalue weighted by molar-refractivity contribution is 4.93. The molecule has 0 aromatic carbocycles. The first-order chi connectivity index (χ1) is 5.87. The molecule has 2 rings (SSSR count). The molecule has 1 saturated carbocycles. The summed E-state index contributed by atoms with van der Waals surface area (Å²) in [4.78, 5) is 0. The van der Waals surface area contributed by atoms with Crippen LogP contribution in [0.2, 0.25) is 0 Å². The van der Waals surface area contributed by atoms with E-state index < -0.39 is 0 Å². The van der Waals surface area contributed by atoms with E-state index in [-0.39, 0.29) is 0 Å². The van der Waals surface area contributed by atoms with E-state index in [1.54, 1.807) is 0 Å². The Morgan fingerprint density at radius 2 is 2.17 bits per heavy atom. The van der Waals surface area contributed by atoms with Crippen molar-refractivity contribution in [2.75, 3.05) is 19.8 Å². The molecule has 2 atom stereocenters. The van der Waals surface area contributed by atoms with Crippen molar-refractivity contribution in [2.45, 2.75) is 32.1 Å². The summed E-state index contributed by atoms with van der Waals surface area (Å²) in [6, 6.07) is 0. The van der Waals surface area contributed by atoms with E-state index in [9.17, 15) is 0 Å². The van der Waals surface area contributed by atoms with E-state index in [0.717, 1.165) is 25.7 Å². The van der Waals surface area contributed by atoms with Gasteiger partial charge in [0.2, 0.25) is 0 Å². The Bertz CT molecular complexity index is 152. The average molecular weight is 169 g/mol. The molecule has 2 aliphatic rings. The van der Waals surface area contributed by atoms with Gasteiger partial charge in [-0.15, -0.1) is 0 Å². The second-order valence-corrected chi connectivity index (χ2v) is 4.34. The van der Waals surface area contributed by atoms with Crippen LogP contribution in [0.4, 0.5) is 0 Å². The lowest BCUT2D eigenvalue weighted by atomic mass is 9.74. The molecule has 0 radical (unpaired) electrons. The number of hydrogen-bond donors (Lipinski definition) is 1. The van der Waals surface area contributed by atoms with Crippen molar-refractivity contribution in [1.82, 2.24) is 0 Å². The molecule has 2 N–H and O–H groups in total. The van der Waals surface area contributed by atoms with Gasteiger partial charge in [0.25, 0.3) is 0 Å². The Morgan fingerprint density at radius 3 is 2.83 bits per heavy atom. The minimum atomic E-state index is 0.493. The monoisotopic (exact) mass is 169 g/mol. The van der Waals surface area contributed by atoms with Crippen LogP contribution < -0.4 is 5.73 Å². The predicted octanol–water partition coefficient (Wildman–Crippen LogP) is 1.54. The van der Waals surface area contributed by atoms with E-state index in [2.05, 4.69) is 0 Å². The molecule has 0 amide bonds. The molecule has 2 fully saturated rings. The largest absolute Gasteiger partial charge is 0.381 e. The molecule has 2 heteroatoms. The quantitative estimate of drug-likeness (QED) is 0.646. The Morgan fingerprint density at radius 1 is 1.33 bits per heavy atom. The van der Waals surface area contributed by atoms with Crippen LogP contribution in [0.25, 0.3) is 0 Å². The fourth-order valence-electron chi connectivity index (χ4n) is 2.97. The van der Waals surface area contributed by atoms with Gasteiger partial charge in [-0.1, -0.05) is 6.42 Å². The van der Waals surface area contributed by atoms with E-state index in [1.165, 1.54) is 32.1 Å². The molecule has 0 bridgehead atoms. The van der Waals surface area contributed by atoms with Gasteiger partial charge < -0.3 is 10.5 Å². The normalized spacial score (nSPS) is 42.2. The van der Waals surface area contributed by atoms with Gasteiger partial charge in [0, 0.05) is 6.61 Å². The number of hydrogen-bond acceptors (Lipinski definition) is 2. The summed E-state index contributed by atoms with van der Waals surface area (Å²) in [6.45, 7) is 2.82. The van der Waals surface area contributed by atoms with Crippen LogP contribution in [0, 0.1) is 11.3 Å². The highest BCUT2D eigenvalue weighted by Crippen LogP contribution is 2.47. The first kappa shape index (κ1) is 8.52. The summed E-state index contributed by atoms with van der Waals surface area (Å²) in [6.07, 6.45) is 6.66. The fraction of sp³-hybridized carbons (Fsp3) is 1.00. The smallest absolute Gasteiger partial charge is 0.0525 e. The Balaban J connectivity index is 2.05. The van der Waals surface area contributed by atoms with Gasteiger partial charge in [0.05, 0.1) is 6.61 Å². The Labute approximate surface area is 74.5 Å². The van der Waals surface area contributed by atoms with Crippen molar-refractivity contribution in [3.8, 4) is 0 Å². The second-order valence-electron chi connectivity index (χ2n) is 4.34. The van der Waals surface area contributed by atoms with Crippen molar-refractivity contribution in [2.24, 2.45) is 17.1 Å². The summed E-state index contributed by atoms with van der Waals surface area (Å²) >= 11 is 0. The highest BCUT2D eigenvalue weighted by Gasteiger charge is 2.42. The lowest BCUT2D eigenvalue weighted by Crippen LogP contribution is -2.38. The minimum Gasteiger partial charge on any atom is -0.381 e. The van der Waals surface area contributed by atoms with Crippen molar-refractivity contribution < 1.29 is 4.74 Å². The van der Waals surface area contributed by atoms with Gasteiger partial charge in [0.1, 0.15) is 0 Å². The number of rotatable bonds is 1. The molecule has 0 aromatic heterocycles. The lowest BCUT2D eigenvalue weighted by Gasteiger charge is -2.38. The molecule has 1 aliphatic carbocycles. The molecule has 70 valence electrons. The van der Waals surface area contributed by atoms with Crippen LogP contribution in [0.5, 0.6) is 0 Å². The van der Waals surface area contributed by atoms with Crippen molar-refractivity contribution in [1.29, 1.82) is 0 Å². The summed E-state index contributed by atoms with van der Waals surface area (Å²) in [5.41, 5.74) is 6.28. The maximum absolute atomic E-state index is 5.78. The highest BCUT2D eigenvalue weighted by atomic mass is 16.5. The van der Waals surface area contributed by atoms with E-state index in [0.29, 0.717) is 5.41 Å². The van der Waals surface area contributed by atoms with Crippen LogP contribution in [0.1, 0.15) is 32.1 Å². The zero-order valence-corrected chi connectivity index (χ0v) is 7.72. The minimum absolute atomic E-state index is 0.493. The molecule has 2 unspecified atom stereocenters. The topological polar surface area (TPSA) is 35.2 Å². The van der Waals surface area contributed by atoms with E-state index >= 15 is 0 Å². The predicted molar refractivity (Wildman–Crippen MR) is 48.9 cm³/mol. The third-order valence-corrected chi connectivity index (χ3v) is 3.73. The van der Waals surface area contributed by atoms with Crippen LogP contribution in [-0.4, -0.2) is 19.8 Å². The Hall–Kier alpha value is -0.0800. The van der Waals surface area contributed by atoms with Crippen LogP contribution in [-0.2, 0) is 4.74 Å². The maximum Gasteiger partial charge on any atom is 0.0525 e. The number of nitrogens with two attached hydrogens (primary N) is 1. The first-order valence-corrected chi connectivity index (χ1v) is 5.15. The van der Waals surface area contributed by atoms with Gasteiger partial charge in [-0.25, -0.2) is 0 Å². The third-order valence-electron chi connectivity index (χ3n) is 3.73. The summed E-state index contributed by atoms with van der Waals surface area (Å²) in [5.74, 6) is 0.748. The first-order valence-electron chi connectivity index (χ1n) is 5.15. The summed E-state index contributed by atoms with van der Waals surface area (Å²) < 4.78 is 5.58. The summed E-state index contributed by atoms with van der Waals surface area (Å²) in [5, 5.41) is 0. The zero-order valence-electron chi connectivity index (χ0n) is 7.72. The van der Waals surface area contributed by atoms with E-state index in [4.69, 9.17) is 10.5 Å². The zero-order chi connectivity index (χ0) is 8.44. The molecular formula is C10H19NO. The van der Waals surface area contributed by atoms with Crippen molar-refractivity contribution >= 4 is 0 Å². The number of ether oxygens (including phenoxy) is 1. The second kappa shape index (κ2) is 3.35. The standard InChI is InChI=1S/C10H19NO/c11-7-9-3-1-4-10(9)5-2-6-12-8-10/h9H,1-8,11H2. The fourth-order valence-corrected chi connectivity index (χ4v) is 2.97. The van der Waals surface area contributed by atoms with Gasteiger partial charge in [-0.3, -0.25) is 0 Å². The lowest BCUT2D eigenvalue weighted by molar-refractivity contribution is -0.0275. The average Bonchev–Trinajstić information content (AvgIpc) is 2.49. The van der Waals surface area contributed by atoms with E-state index in [1.807, 2.05) is 0 Å². The maximum atomic E-state index is 5.78. The van der Waals surface area contributed by atoms with Gasteiger partial charge in [-0.05, 0) is 43.6 Å². The van der Waals surface area contributed by atoms with Gasteiger partial charge in [-0.2, -0.15) is 0 Å². The molecule has 12 heavy (non-hydrogen) atoms. The SMILES string of the molecule is NCC1CCCC12CCCOC2. The van der Waals surface area contributed by atoms with Crippen molar-refractivity contribution in [3.63, 3.8) is 0 Å². The van der Waals surface area contributed by atoms with Gasteiger partial charge >= 0.3 is 0 Å². The molecule has 0 aromatic rings. The molecule has 2 nitrogen and oxygen atoms in total. The van der Waals surface area contributed by atoms with Crippen LogP contribution in [0.3, 0.4) is 0 Å². The van der Waals surface area contributed by atoms with Crippen LogP contribution in [0.15, 0.2) is 0 Å². The van der Waals surface area contributed by atoms with Crippen LogP contribution >= 0.6 is 0 Å².